The highest BCUT2D eigenvalue weighted by molar-refractivity contribution is 9.10. The van der Waals surface area contributed by atoms with Crippen molar-refractivity contribution in [3.05, 3.63) is 115 Å². The molecule has 5 rings (SSSR count). The fourth-order valence-electron chi connectivity index (χ4n) is 5.07. The Labute approximate surface area is 272 Å². The summed E-state index contributed by atoms with van der Waals surface area (Å²) < 4.78 is 20.2. The second-order valence-electron chi connectivity index (χ2n) is 11.1. The number of halogens is 1. The maximum absolute atomic E-state index is 13.9. The van der Waals surface area contributed by atoms with Gasteiger partial charge in [-0.1, -0.05) is 55.8 Å². The largest absolute Gasteiger partial charge is 0.494 e. The Kier molecular flexibility index (Phi) is 10.0. The van der Waals surface area contributed by atoms with E-state index in [0.717, 1.165) is 38.0 Å². The number of rotatable bonds is 11. The molecule has 0 radical (unpaired) electrons. The molecular formula is C37H38BrN3O4. The second-order valence-corrected chi connectivity index (χ2v) is 12.0. The van der Waals surface area contributed by atoms with Gasteiger partial charge in [-0.3, -0.25) is 4.79 Å². The third-order valence-corrected chi connectivity index (χ3v) is 8.15. The van der Waals surface area contributed by atoms with Gasteiger partial charge in [0.1, 0.15) is 12.4 Å². The number of benzene rings is 4. The number of para-hydroxylation sites is 1. The molecular weight excluding hydrogens is 630 g/mol. The summed E-state index contributed by atoms with van der Waals surface area (Å²) >= 11 is 3.68. The van der Waals surface area contributed by atoms with E-state index < -0.39 is 0 Å². The molecule has 45 heavy (non-hydrogen) atoms. The average Bonchev–Trinajstić information content (AvgIpc) is 3.02. The SMILES string of the molecule is CCOc1cc(C=Nn2c(-c3cc(C(C)C)c(OCC)cc3C)nc3ccccc3c2=O)c(Br)cc1OCc1ccc(C)cc1. The highest BCUT2D eigenvalue weighted by atomic mass is 79.9. The first-order chi connectivity index (χ1) is 21.7. The zero-order chi connectivity index (χ0) is 32.1. The van der Waals surface area contributed by atoms with Gasteiger partial charge in [-0.2, -0.15) is 9.78 Å². The summed E-state index contributed by atoms with van der Waals surface area (Å²) in [5.74, 6) is 2.69. The van der Waals surface area contributed by atoms with Crippen molar-refractivity contribution in [3.63, 3.8) is 0 Å². The predicted octanol–water partition coefficient (Wildman–Crippen LogP) is 8.82. The van der Waals surface area contributed by atoms with Crippen LogP contribution in [0.5, 0.6) is 17.2 Å². The molecule has 0 fully saturated rings. The number of hydrogen-bond acceptors (Lipinski definition) is 6. The van der Waals surface area contributed by atoms with Crippen LogP contribution in [0.1, 0.15) is 61.4 Å². The van der Waals surface area contributed by atoms with Crippen LogP contribution in [0.3, 0.4) is 0 Å². The monoisotopic (exact) mass is 667 g/mol. The zero-order valence-corrected chi connectivity index (χ0v) is 28.1. The van der Waals surface area contributed by atoms with Gasteiger partial charge in [0.05, 0.1) is 30.3 Å². The van der Waals surface area contributed by atoms with Gasteiger partial charge < -0.3 is 14.2 Å². The zero-order valence-electron chi connectivity index (χ0n) is 26.6. The number of hydrogen-bond donors (Lipinski definition) is 0. The molecule has 0 N–H and O–H groups in total. The second kappa shape index (κ2) is 14.1. The quantitative estimate of drug-likeness (QED) is 0.132. The van der Waals surface area contributed by atoms with Crippen molar-refractivity contribution in [1.82, 2.24) is 9.66 Å². The van der Waals surface area contributed by atoms with E-state index in [1.54, 1.807) is 12.3 Å². The van der Waals surface area contributed by atoms with E-state index in [0.29, 0.717) is 48.0 Å². The molecule has 1 aromatic heterocycles. The lowest BCUT2D eigenvalue weighted by atomic mass is 9.96. The molecule has 0 atom stereocenters. The van der Waals surface area contributed by atoms with Crippen LogP contribution >= 0.6 is 15.9 Å². The van der Waals surface area contributed by atoms with Crippen LogP contribution in [0.15, 0.2) is 87.2 Å². The van der Waals surface area contributed by atoms with Gasteiger partial charge in [-0.25, -0.2) is 4.98 Å². The molecule has 4 aromatic carbocycles. The summed E-state index contributed by atoms with van der Waals surface area (Å²) in [5, 5.41) is 5.22. The van der Waals surface area contributed by atoms with E-state index in [4.69, 9.17) is 24.3 Å². The molecule has 8 heteroatoms. The molecule has 0 saturated heterocycles. The molecule has 0 amide bonds. The Morgan fingerprint density at radius 3 is 2.29 bits per heavy atom. The highest BCUT2D eigenvalue weighted by Crippen LogP contribution is 2.36. The number of ether oxygens (including phenoxy) is 3. The minimum atomic E-state index is -0.259. The molecule has 0 spiro atoms. The lowest BCUT2D eigenvalue weighted by Gasteiger charge is -2.18. The van der Waals surface area contributed by atoms with Crippen molar-refractivity contribution in [3.8, 4) is 28.6 Å². The van der Waals surface area contributed by atoms with Crippen LogP contribution in [0.2, 0.25) is 0 Å². The van der Waals surface area contributed by atoms with Gasteiger partial charge in [-0.15, -0.1) is 0 Å². The number of nitrogens with zero attached hydrogens (tertiary/aromatic N) is 3. The van der Waals surface area contributed by atoms with Gasteiger partial charge >= 0.3 is 0 Å². The van der Waals surface area contributed by atoms with E-state index in [1.165, 1.54) is 10.2 Å². The summed E-state index contributed by atoms with van der Waals surface area (Å²) in [7, 11) is 0. The minimum Gasteiger partial charge on any atom is -0.494 e. The minimum absolute atomic E-state index is 0.203. The maximum atomic E-state index is 13.9. The van der Waals surface area contributed by atoms with Crippen molar-refractivity contribution in [2.24, 2.45) is 5.10 Å². The topological polar surface area (TPSA) is 74.9 Å². The first-order valence-electron chi connectivity index (χ1n) is 15.2. The predicted molar refractivity (Wildman–Crippen MR) is 185 cm³/mol. The summed E-state index contributed by atoms with van der Waals surface area (Å²) in [6.07, 6.45) is 1.64. The van der Waals surface area contributed by atoms with Crippen molar-refractivity contribution in [1.29, 1.82) is 0 Å². The van der Waals surface area contributed by atoms with Crippen LogP contribution in [-0.4, -0.2) is 29.1 Å². The third-order valence-electron chi connectivity index (χ3n) is 7.46. The normalized spacial score (nSPS) is 11.5. The highest BCUT2D eigenvalue weighted by Gasteiger charge is 2.19. The first kappa shape index (κ1) is 32.0. The molecule has 0 aliphatic heterocycles. The molecule has 0 bridgehead atoms. The van der Waals surface area contributed by atoms with Gasteiger partial charge in [0.25, 0.3) is 5.56 Å². The molecule has 1 heterocycles. The van der Waals surface area contributed by atoms with Gasteiger partial charge in [-0.05, 0) is 103 Å². The van der Waals surface area contributed by atoms with Crippen molar-refractivity contribution in [2.45, 2.75) is 54.1 Å². The van der Waals surface area contributed by atoms with Gasteiger partial charge in [0.2, 0.25) is 0 Å². The first-order valence-corrected chi connectivity index (χ1v) is 16.0. The number of fused-ring (bicyclic) bond motifs is 1. The Morgan fingerprint density at radius 1 is 0.889 bits per heavy atom. The Morgan fingerprint density at radius 2 is 1.58 bits per heavy atom. The Balaban J connectivity index is 1.59. The summed E-state index contributed by atoms with van der Waals surface area (Å²) in [5.41, 5.74) is 6.12. The lowest BCUT2D eigenvalue weighted by Crippen LogP contribution is -2.21. The van der Waals surface area contributed by atoms with E-state index in [9.17, 15) is 4.79 Å². The molecule has 5 aromatic rings. The summed E-state index contributed by atoms with van der Waals surface area (Å²) in [4.78, 5) is 18.9. The number of aromatic nitrogens is 2. The molecule has 7 nitrogen and oxygen atoms in total. The summed E-state index contributed by atoms with van der Waals surface area (Å²) in [6.45, 7) is 13.6. The Hall–Kier alpha value is -4.43. The summed E-state index contributed by atoms with van der Waals surface area (Å²) in [6, 6.07) is 23.4. The van der Waals surface area contributed by atoms with Crippen molar-refractivity contribution in [2.75, 3.05) is 13.2 Å². The van der Waals surface area contributed by atoms with E-state index >= 15 is 0 Å². The van der Waals surface area contributed by atoms with E-state index in [1.807, 2.05) is 57.2 Å². The molecule has 0 unspecified atom stereocenters. The lowest BCUT2D eigenvalue weighted by molar-refractivity contribution is 0.269. The van der Waals surface area contributed by atoms with Crippen LogP contribution in [0.25, 0.3) is 22.3 Å². The average molecular weight is 669 g/mol. The van der Waals surface area contributed by atoms with Gasteiger partial charge in [0.15, 0.2) is 17.3 Å². The molecule has 0 saturated carbocycles. The van der Waals surface area contributed by atoms with Crippen molar-refractivity contribution >= 4 is 33.0 Å². The van der Waals surface area contributed by atoms with Crippen molar-refractivity contribution < 1.29 is 14.2 Å². The third kappa shape index (κ3) is 7.12. The van der Waals surface area contributed by atoms with E-state index in [2.05, 4.69) is 67.0 Å². The van der Waals surface area contributed by atoms with Crippen LogP contribution in [-0.2, 0) is 6.61 Å². The van der Waals surface area contributed by atoms with E-state index in [-0.39, 0.29) is 11.5 Å². The van der Waals surface area contributed by atoms with Crippen LogP contribution in [0.4, 0.5) is 0 Å². The molecule has 0 aliphatic carbocycles. The molecule has 0 aliphatic rings. The molecule has 232 valence electrons. The van der Waals surface area contributed by atoms with Crippen LogP contribution < -0.4 is 19.8 Å². The van der Waals surface area contributed by atoms with Gasteiger partial charge in [0, 0.05) is 15.6 Å². The fourth-order valence-corrected chi connectivity index (χ4v) is 5.50. The van der Waals surface area contributed by atoms with Crippen LogP contribution in [0, 0.1) is 13.8 Å². The fraction of sp³-hybridized carbons (Fsp3) is 0.270. The Bertz CT molecular complexity index is 1910. The maximum Gasteiger partial charge on any atom is 0.282 e. The smallest absolute Gasteiger partial charge is 0.282 e. The number of aryl methyl sites for hydroxylation is 2. The standard InChI is InChI=1S/C37H38BrN3O4/c1-7-43-33-17-25(6)30(19-29(33)23(3)4)36-40-32-12-10-9-11-28(32)37(42)41(36)39-21-27-18-34(44-8-2)35(20-31(27)38)45-22-26-15-13-24(5)14-16-26/h9-21,23H,7-8,22H2,1-6H3.